The van der Waals surface area contributed by atoms with Gasteiger partial charge in [0.15, 0.2) is 13.8 Å². The van der Waals surface area contributed by atoms with Crippen LogP contribution in [-0.2, 0) is 0 Å². The van der Waals surface area contributed by atoms with Gasteiger partial charge in [0.25, 0.3) is 0 Å². The maximum Gasteiger partial charge on any atom is 0.165 e. The Kier molecular flexibility index (Phi) is 3.68. The molecule has 2 saturated heterocycles. The third-order valence-corrected chi connectivity index (χ3v) is 27.8. The average Bonchev–Trinajstić information content (AvgIpc) is 2.35. The molecule has 0 aliphatic carbocycles. The standard InChI is InChI=1S/C10H20Cl2Si2/c11-13-7-3-1-4-8-14(13,12)10-6-2-5-9-13/h1-10H2. The molecular formula is C10H20Cl2Si2. The third kappa shape index (κ3) is 2.09. The predicted molar refractivity (Wildman–Crippen MR) is 70.1 cm³/mol. The van der Waals surface area contributed by atoms with Crippen molar-refractivity contribution in [3.63, 3.8) is 0 Å². The molecule has 0 nitrogen and oxygen atoms in total. The van der Waals surface area contributed by atoms with Crippen molar-refractivity contribution in [2.45, 2.75) is 62.7 Å². The van der Waals surface area contributed by atoms with Crippen molar-refractivity contribution in [3.05, 3.63) is 0 Å². The largest absolute Gasteiger partial charge is 0.169 e. The summed E-state index contributed by atoms with van der Waals surface area (Å²) in [7, 11) is 0. The van der Waals surface area contributed by atoms with Gasteiger partial charge < -0.3 is 0 Å². The van der Waals surface area contributed by atoms with E-state index in [0.29, 0.717) is 0 Å². The van der Waals surface area contributed by atoms with Crippen molar-refractivity contribution >= 4 is 36.0 Å². The van der Waals surface area contributed by atoms with Crippen molar-refractivity contribution < 1.29 is 0 Å². The fraction of sp³-hybridized carbons (Fsp3) is 1.00. The Morgan fingerprint density at radius 1 is 0.500 bits per heavy atom. The molecule has 0 saturated carbocycles. The summed E-state index contributed by atoms with van der Waals surface area (Å²) in [4.78, 5) is 0. The van der Waals surface area contributed by atoms with Crippen molar-refractivity contribution in [1.82, 2.24) is 0 Å². The van der Waals surface area contributed by atoms with Crippen LogP contribution in [0.3, 0.4) is 0 Å². The minimum Gasteiger partial charge on any atom is -0.169 e. The molecule has 0 radical (unpaired) electrons. The summed E-state index contributed by atoms with van der Waals surface area (Å²) in [6, 6.07) is 5.35. The van der Waals surface area contributed by atoms with E-state index in [2.05, 4.69) is 0 Å². The second kappa shape index (κ2) is 4.48. The van der Waals surface area contributed by atoms with Gasteiger partial charge in [-0.25, -0.2) is 0 Å². The molecule has 0 N–H and O–H groups in total. The molecule has 2 aliphatic heterocycles. The van der Waals surface area contributed by atoms with Crippen LogP contribution in [0.25, 0.3) is 0 Å². The molecule has 2 aliphatic rings. The van der Waals surface area contributed by atoms with Gasteiger partial charge in [-0.05, 0) is 24.2 Å². The fourth-order valence-corrected chi connectivity index (χ4v) is 21.2. The molecule has 14 heavy (non-hydrogen) atoms. The van der Waals surface area contributed by atoms with Crippen LogP contribution >= 0.6 is 22.2 Å². The Labute approximate surface area is 98.6 Å². The maximum atomic E-state index is 7.00. The van der Waals surface area contributed by atoms with Crippen molar-refractivity contribution in [2.24, 2.45) is 0 Å². The van der Waals surface area contributed by atoms with Crippen LogP contribution in [0, 0.1) is 0 Å². The highest BCUT2D eigenvalue weighted by Gasteiger charge is 2.53. The third-order valence-electron chi connectivity index (χ3n) is 4.10. The van der Waals surface area contributed by atoms with Gasteiger partial charge in [0.2, 0.25) is 0 Å². The molecule has 0 aromatic rings. The van der Waals surface area contributed by atoms with Crippen molar-refractivity contribution in [1.29, 1.82) is 0 Å². The molecule has 0 amide bonds. The van der Waals surface area contributed by atoms with Crippen LogP contribution in [0.5, 0.6) is 0 Å². The van der Waals surface area contributed by atoms with Gasteiger partial charge in [-0.3, -0.25) is 0 Å². The smallest absolute Gasteiger partial charge is 0.165 e. The van der Waals surface area contributed by atoms with E-state index in [1.54, 1.807) is 0 Å². The molecule has 0 atom stereocenters. The Balaban J connectivity index is 2.22. The highest BCUT2D eigenvalue weighted by molar-refractivity contribution is 7.71. The lowest BCUT2D eigenvalue weighted by Gasteiger charge is -2.36. The van der Waals surface area contributed by atoms with Crippen LogP contribution in [0.15, 0.2) is 0 Å². The minimum absolute atomic E-state index is 1.34. The highest BCUT2D eigenvalue weighted by Crippen LogP contribution is 2.47. The molecule has 2 rings (SSSR count). The van der Waals surface area contributed by atoms with Gasteiger partial charge >= 0.3 is 0 Å². The van der Waals surface area contributed by atoms with Gasteiger partial charge in [-0.1, -0.05) is 38.5 Å². The summed E-state index contributed by atoms with van der Waals surface area (Å²) < 4.78 is 0. The summed E-state index contributed by atoms with van der Waals surface area (Å²) in [6.45, 7) is -3.00. The quantitative estimate of drug-likeness (QED) is 0.437. The number of hydrogen-bond acceptors (Lipinski definition) is 0. The maximum absolute atomic E-state index is 7.00. The SMILES string of the molecule is Cl[Si]12CCCCC[Si]1(Cl)CCCCC2. The second-order valence-electron chi connectivity index (χ2n) is 5.05. The lowest BCUT2D eigenvalue weighted by atomic mass is 10.3. The zero-order valence-electron chi connectivity index (χ0n) is 8.83. The Morgan fingerprint density at radius 3 is 1.07 bits per heavy atom. The van der Waals surface area contributed by atoms with Crippen LogP contribution in [0.1, 0.15) is 38.5 Å². The minimum atomic E-state index is -1.50. The molecule has 0 aromatic carbocycles. The van der Waals surface area contributed by atoms with Gasteiger partial charge in [0, 0.05) is 0 Å². The van der Waals surface area contributed by atoms with E-state index in [9.17, 15) is 0 Å². The van der Waals surface area contributed by atoms with E-state index in [4.69, 9.17) is 22.2 Å². The first-order valence-corrected chi connectivity index (χ1v) is 13.9. The van der Waals surface area contributed by atoms with Crippen LogP contribution < -0.4 is 0 Å². The summed E-state index contributed by atoms with van der Waals surface area (Å²) in [5.74, 6) is 0. The number of fused-ring (bicyclic) bond motifs is 1. The first kappa shape index (κ1) is 11.5. The molecular weight excluding hydrogens is 247 g/mol. The van der Waals surface area contributed by atoms with E-state index in [1.807, 2.05) is 0 Å². The van der Waals surface area contributed by atoms with Gasteiger partial charge in [0.05, 0.1) is 0 Å². The molecule has 4 heteroatoms. The van der Waals surface area contributed by atoms with E-state index in [0.717, 1.165) is 0 Å². The summed E-state index contributed by atoms with van der Waals surface area (Å²) in [5.41, 5.74) is 0. The number of hydrogen-bond donors (Lipinski definition) is 0. The van der Waals surface area contributed by atoms with Crippen LogP contribution in [-0.4, -0.2) is 13.8 Å². The topological polar surface area (TPSA) is 0 Å². The average molecular weight is 267 g/mol. The van der Waals surface area contributed by atoms with Gasteiger partial charge in [0.1, 0.15) is 0 Å². The fourth-order valence-electron chi connectivity index (χ4n) is 3.12. The van der Waals surface area contributed by atoms with Crippen molar-refractivity contribution in [3.8, 4) is 0 Å². The Hall–Kier alpha value is 1.01. The number of halogens is 2. The van der Waals surface area contributed by atoms with Gasteiger partial charge in [-0.2, -0.15) is 22.2 Å². The van der Waals surface area contributed by atoms with E-state index < -0.39 is 13.8 Å². The zero-order chi connectivity index (χ0) is 10.1. The Bertz CT molecular complexity index is 174. The molecule has 0 unspecified atom stereocenters. The lowest BCUT2D eigenvalue weighted by molar-refractivity contribution is 0.744. The lowest BCUT2D eigenvalue weighted by Crippen LogP contribution is -2.53. The summed E-state index contributed by atoms with van der Waals surface area (Å²) in [6.07, 6.45) is 8.27. The zero-order valence-corrected chi connectivity index (χ0v) is 12.3. The van der Waals surface area contributed by atoms with E-state index in [-0.39, 0.29) is 0 Å². The van der Waals surface area contributed by atoms with Crippen molar-refractivity contribution in [2.75, 3.05) is 0 Å². The van der Waals surface area contributed by atoms with E-state index in [1.165, 1.54) is 62.7 Å². The molecule has 0 aromatic heterocycles. The highest BCUT2D eigenvalue weighted by atomic mass is 35.6. The molecule has 0 bridgehead atoms. The predicted octanol–water partition coefficient (Wildman–Crippen LogP) is 4.80. The molecule has 82 valence electrons. The molecule has 2 heterocycles. The summed E-state index contributed by atoms with van der Waals surface area (Å²) >= 11 is 14.0. The second-order valence-corrected chi connectivity index (χ2v) is 22.9. The Morgan fingerprint density at radius 2 is 0.786 bits per heavy atom. The first-order valence-electron chi connectivity index (χ1n) is 6.04. The normalized spacial score (nSPS) is 45.0. The van der Waals surface area contributed by atoms with E-state index >= 15 is 0 Å². The molecule has 2 fully saturated rings. The molecule has 0 spiro atoms. The summed E-state index contributed by atoms with van der Waals surface area (Å²) in [5, 5.41) is 0. The van der Waals surface area contributed by atoms with Crippen LogP contribution in [0.4, 0.5) is 0 Å². The number of rotatable bonds is 0. The van der Waals surface area contributed by atoms with Gasteiger partial charge in [-0.15, -0.1) is 0 Å². The first-order chi connectivity index (χ1) is 6.66. The monoisotopic (exact) mass is 266 g/mol. The van der Waals surface area contributed by atoms with Crippen LogP contribution in [0.2, 0.25) is 24.2 Å².